The van der Waals surface area contributed by atoms with E-state index in [9.17, 15) is 0 Å². The zero-order valence-electron chi connectivity index (χ0n) is 40.3. The maximum Gasteiger partial charge on any atom is 1.00 e. The van der Waals surface area contributed by atoms with Crippen LogP contribution in [0.1, 0.15) is 78.6 Å². The topological polar surface area (TPSA) is 46.0 Å². The van der Waals surface area contributed by atoms with Gasteiger partial charge in [0, 0.05) is 0 Å². The van der Waals surface area contributed by atoms with Gasteiger partial charge in [0.1, 0.15) is 26.2 Å². The molecular formula is C48H82Li2N6P2+4. The molecule has 4 atom stereocenters. The van der Waals surface area contributed by atoms with Crippen molar-refractivity contribution in [1.82, 2.24) is 0 Å². The third kappa shape index (κ3) is 26.8. The molecule has 10 heteroatoms. The van der Waals surface area contributed by atoms with E-state index >= 15 is 0 Å². The Hall–Kier alpha value is -1.31. The van der Waals surface area contributed by atoms with Crippen LogP contribution < -0.4 is 67.9 Å². The van der Waals surface area contributed by atoms with Crippen LogP contribution in [0.4, 0.5) is 0 Å². The molecule has 4 rings (SSSR count). The Kier molecular flexibility index (Phi) is 32.0. The van der Waals surface area contributed by atoms with E-state index in [-0.39, 0.29) is 60.1 Å². The zero-order valence-corrected chi connectivity index (χ0v) is 42.1. The van der Waals surface area contributed by atoms with E-state index in [0.29, 0.717) is 0 Å². The number of nitrogens with one attached hydrogen (secondary N) is 4. The van der Waals surface area contributed by atoms with Gasteiger partial charge in [-0.25, -0.2) is 0 Å². The van der Waals surface area contributed by atoms with Gasteiger partial charge in [-0.2, -0.15) is 16.1 Å². The van der Waals surface area contributed by atoms with Crippen molar-refractivity contribution in [3.8, 4) is 0 Å². The normalized spacial score (nSPS) is 13.3. The molecule has 0 saturated carbocycles. The molecule has 0 spiro atoms. The molecule has 0 heterocycles. The Bertz CT molecular complexity index is 1390. The first kappa shape index (κ1) is 58.8. The summed E-state index contributed by atoms with van der Waals surface area (Å²) < 4.78 is 0. The maximum atomic E-state index is 5.15. The van der Waals surface area contributed by atoms with E-state index in [4.69, 9.17) is 10.2 Å². The van der Waals surface area contributed by atoms with Gasteiger partial charge in [0.15, 0.2) is 0 Å². The number of hydrogen-bond acceptors (Lipinski definition) is 0. The van der Waals surface area contributed by atoms with E-state index in [1.807, 2.05) is 0 Å². The van der Waals surface area contributed by atoms with Gasteiger partial charge in [0.05, 0.1) is 56.4 Å². The molecule has 0 fully saturated rings. The van der Waals surface area contributed by atoms with Crippen LogP contribution in [0.25, 0.3) is 10.2 Å². The summed E-state index contributed by atoms with van der Waals surface area (Å²) in [5.74, 6) is 0. The number of quaternary nitrogens is 4. The van der Waals surface area contributed by atoms with Gasteiger partial charge >= 0.3 is 37.7 Å². The SMILES string of the molecule is C[C@H]([N-][P@@](c1ccccc1)C(C)(C)C)c1ccccc1.C[C@H]([N-][P@@](c1ccccc1)C(C)(C)C)c1ccccc1.C[NH+](C)CC[NH+](C)C.C[NH+](C)CC[NH+](C)C.[Li+].[Li+]. The summed E-state index contributed by atoms with van der Waals surface area (Å²) in [6.07, 6.45) is 0. The summed E-state index contributed by atoms with van der Waals surface area (Å²) in [6.45, 7) is 23.2. The molecule has 0 aliphatic heterocycles. The Balaban J connectivity index is 0. The molecule has 4 aromatic carbocycles. The zero-order chi connectivity index (χ0) is 42.3. The van der Waals surface area contributed by atoms with Crippen LogP contribution in [-0.4, -0.2) is 92.9 Å². The molecular weight excluding hydrogens is 736 g/mol. The molecule has 0 radical (unpaired) electrons. The average molecular weight is 819 g/mol. The predicted molar refractivity (Wildman–Crippen MR) is 253 cm³/mol. The van der Waals surface area contributed by atoms with Gasteiger partial charge in [0.2, 0.25) is 0 Å². The Morgan fingerprint density at radius 3 is 0.793 bits per heavy atom. The fraction of sp³-hybridized carbons (Fsp3) is 0.500. The van der Waals surface area contributed by atoms with Gasteiger partial charge in [0.25, 0.3) is 0 Å². The second-order valence-corrected chi connectivity index (χ2v) is 23.3. The van der Waals surface area contributed by atoms with Crippen LogP contribution in [0, 0.1) is 0 Å². The summed E-state index contributed by atoms with van der Waals surface area (Å²) in [7, 11) is 16.4. The monoisotopic (exact) mass is 819 g/mol. The number of hydrogen-bond donors (Lipinski definition) is 4. The third-order valence-electron chi connectivity index (χ3n) is 8.66. The molecule has 0 aromatic heterocycles. The maximum absolute atomic E-state index is 5.15. The second kappa shape index (κ2) is 31.5. The van der Waals surface area contributed by atoms with Gasteiger partial charge in [-0.15, -0.1) is 12.1 Å². The van der Waals surface area contributed by atoms with Crippen molar-refractivity contribution < 1.29 is 57.3 Å². The summed E-state index contributed by atoms with van der Waals surface area (Å²) in [4.78, 5) is 6.13. The smallest absolute Gasteiger partial charge is 0.626 e. The van der Waals surface area contributed by atoms with E-state index in [0.717, 1.165) is 0 Å². The van der Waals surface area contributed by atoms with Crippen molar-refractivity contribution in [3.05, 3.63) is 143 Å². The largest absolute Gasteiger partial charge is 1.00 e. The molecule has 0 unspecified atom stereocenters. The average Bonchev–Trinajstić information content (AvgIpc) is 3.15. The van der Waals surface area contributed by atoms with E-state index in [2.05, 4.69) is 233 Å². The molecule has 0 aliphatic carbocycles. The third-order valence-corrected chi connectivity index (χ3v) is 13.9. The van der Waals surface area contributed by atoms with Crippen molar-refractivity contribution in [2.75, 3.05) is 82.6 Å². The summed E-state index contributed by atoms with van der Waals surface area (Å²) in [6, 6.07) is 43.0. The molecule has 58 heavy (non-hydrogen) atoms. The molecule has 0 saturated heterocycles. The van der Waals surface area contributed by atoms with Crippen LogP contribution in [-0.2, 0) is 0 Å². The van der Waals surface area contributed by atoms with Crippen LogP contribution in [0.15, 0.2) is 121 Å². The second-order valence-electron chi connectivity index (χ2n) is 17.9. The van der Waals surface area contributed by atoms with Crippen LogP contribution in [0.5, 0.6) is 0 Å². The van der Waals surface area contributed by atoms with Gasteiger partial charge < -0.3 is 29.8 Å². The standard InChI is InChI=1S/2C18H23NP.2C6H16N2.2Li/c2*1-15(16-11-7-5-8-12-16)19-20(18(2,3)4)17-13-9-6-10-14-17;2*1-7(2)5-6-8(3)4;;/h2*5-15H,1-4H3;2*5-6H2,1-4H3;;/q2*-1;;;2*+1/p+4/t2*15-,20-;;;;/m00..../s1. The first-order valence-corrected chi connectivity index (χ1v) is 23.2. The van der Waals surface area contributed by atoms with Crippen LogP contribution >= 0.6 is 16.1 Å². The van der Waals surface area contributed by atoms with E-state index < -0.39 is 16.1 Å². The van der Waals surface area contributed by atoms with Gasteiger partial charge in [-0.1, -0.05) is 188 Å². The molecule has 0 amide bonds. The quantitative estimate of drug-likeness (QED) is 0.101. The molecule has 4 N–H and O–H groups in total. The number of nitrogens with zero attached hydrogens (tertiary/aromatic N) is 2. The van der Waals surface area contributed by atoms with Crippen LogP contribution in [0.3, 0.4) is 0 Å². The van der Waals surface area contributed by atoms with E-state index in [1.54, 1.807) is 0 Å². The molecule has 312 valence electrons. The van der Waals surface area contributed by atoms with Crippen molar-refractivity contribution in [2.45, 2.75) is 77.8 Å². The Morgan fingerprint density at radius 1 is 0.397 bits per heavy atom. The Morgan fingerprint density at radius 2 is 0.603 bits per heavy atom. The summed E-state index contributed by atoms with van der Waals surface area (Å²) >= 11 is 0. The first-order valence-electron chi connectivity index (χ1n) is 20.6. The Labute approximate surface area is 384 Å². The fourth-order valence-corrected chi connectivity index (χ4v) is 9.71. The number of benzene rings is 4. The minimum Gasteiger partial charge on any atom is -0.626 e. The minimum absolute atomic E-state index is 0. The van der Waals surface area contributed by atoms with Crippen molar-refractivity contribution in [2.24, 2.45) is 0 Å². The molecule has 0 aliphatic rings. The fourth-order valence-electron chi connectivity index (χ4n) is 5.34. The van der Waals surface area contributed by atoms with Crippen LogP contribution in [0.2, 0.25) is 0 Å². The summed E-state index contributed by atoms with van der Waals surface area (Å²) in [5.41, 5.74) is 2.58. The minimum atomic E-state index is -0.535. The first-order chi connectivity index (χ1) is 26.2. The summed E-state index contributed by atoms with van der Waals surface area (Å²) in [5, 5.41) is 13.4. The van der Waals surface area contributed by atoms with Crippen molar-refractivity contribution in [1.29, 1.82) is 0 Å². The van der Waals surface area contributed by atoms with Crippen molar-refractivity contribution in [3.63, 3.8) is 0 Å². The van der Waals surface area contributed by atoms with Gasteiger partial charge in [-0.05, 0) is 20.9 Å². The van der Waals surface area contributed by atoms with E-state index in [1.165, 1.54) is 67.5 Å². The number of likely N-dealkylation sites (N-methyl/N-ethyl adjacent to an activating group) is 4. The predicted octanol–water partition coefficient (Wildman–Crippen LogP) is -0.157. The molecule has 6 nitrogen and oxygen atoms in total. The van der Waals surface area contributed by atoms with Gasteiger partial charge in [-0.3, -0.25) is 0 Å². The molecule has 0 bridgehead atoms. The number of rotatable bonds is 14. The molecule has 4 aromatic rings. The van der Waals surface area contributed by atoms with Crippen molar-refractivity contribution >= 4 is 26.8 Å².